The van der Waals surface area contributed by atoms with Crippen molar-refractivity contribution >= 4 is 45.9 Å². The zero-order chi connectivity index (χ0) is 18.0. The molecule has 148 valence electrons. The molecule has 1 aliphatic rings. The molecule has 1 fully saturated rings. The third-order valence-corrected chi connectivity index (χ3v) is 5.22. The fourth-order valence-corrected chi connectivity index (χ4v) is 3.40. The standard InChI is InChI=1S/C19H30BrN3O2.HI/c1-3-24-12-4-11-22-18(21-2)23-15-19(9-13-25-14-10-19)16-5-7-17(20)8-6-16;/h5-8H,3-4,9-15H2,1-2H3,(H2,21,22,23);1H. The molecule has 1 aliphatic heterocycles. The van der Waals surface area contributed by atoms with Crippen molar-refractivity contribution in [1.29, 1.82) is 0 Å². The van der Waals surface area contributed by atoms with Gasteiger partial charge < -0.3 is 20.1 Å². The molecule has 2 N–H and O–H groups in total. The Hall–Kier alpha value is -0.380. The highest BCUT2D eigenvalue weighted by atomic mass is 127. The lowest BCUT2D eigenvalue weighted by molar-refractivity contribution is 0.0513. The first-order valence-corrected chi connectivity index (χ1v) is 9.85. The summed E-state index contributed by atoms with van der Waals surface area (Å²) >= 11 is 3.53. The maximum absolute atomic E-state index is 5.61. The zero-order valence-electron chi connectivity index (χ0n) is 15.7. The van der Waals surface area contributed by atoms with Gasteiger partial charge in [-0.3, -0.25) is 4.99 Å². The number of hydrogen-bond donors (Lipinski definition) is 2. The summed E-state index contributed by atoms with van der Waals surface area (Å²) < 4.78 is 12.1. The third-order valence-electron chi connectivity index (χ3n) is 4.69. The zero-order valence-corrected chi connectivity index (χ0v) is 19.6. The van der Waals surface area contributed by atoms with E-state index in [9.17, 15) is 0 Å². The minimum atomic E-state index is 0. The van der Waals surface area contributed by atoms with Crippen LogP contribution in [-0.2, 0) is 14.9 Å². The lowest BCUT2D eigenvalue weighted by Crippen LogP contribution is -2.48. The van der Waals surface area contributed by atoms with Gasteiger partial charge in [0, 0.05) is 56.5 Å². The SMILES string of the molecule is CCOCCCNC(=NC)NCC1(c2ccc(Br)cc2)CCOCC1.I. The maximum atomic E-state index is 5.61. The molecule has 7 heteroatoms. The van der Waals surface area contributed by atoms with Gasteiger partial charge in [-0.25, -0.2) is 0 Å². The molecule has 0 bridgehead atoms. The molecule has 0 atom stereocenters. The largest absolute Gasteiger partial charge is 0.382 e. The van der Waals surface area contributed by atoms with E-state index in [0.717, 1.165) is 69.2 Å². The Kier molecular flexibility index (Phi) is 11.7. The molecule has 0 radical (unpaired) electrons. The van der Waals surface area contributed by atoms with Crippen LogP contribution in [0.5, 0.6) is 0 Å². The van der Waals surface area contributed by atoms with E-state index in [2.05, 4.69) is 55.8 Å². The van der Waals surface area contributed by atoms with Crippen molar-refractivity contribution in [3.8, 4) is 0 Å². The number of hydrogen-bond acceptors (Lipinski definition) is 3. The van der Waals surface area contributed by atoms with Crippen LogP contribution < -0.4 is 10.6 Å². The molecule has 0 saturated carbocycles. The summed E-state index contributed by atoms with van der Waals surface area (Å²) in [5.41, 5.74) is 1.44. The molecule has 0 unspecified atom stereocenters. The molecule has 0 aromatic heterocycles. The Morgan fingerprint density at radius 3 is 2.54 bits per heavy atom. The maximum Gasteiger partial charge on any atom is 0.191 e. The lowest BCUT2D eigenvalue weighted by atomic mass is 9.74. The van der Waals surface area contributed by atoms with Gasteiger partial charge in [0.15, 0.2) is 5.96 Å². The molecule has 0 aliphatic carbocycles. The second-order valence-electron chi connectivity index (χ2n) is 6.30. The van der Waals surface area contributed by atoms with Gasteiger partial charge in [-0.1, -0.05) is 28.1 Å². The molecule has 2 rings (SSSR count). The summed E-state index contributed by atoms with van der Waals surface area (Å²) in [4.78, 5) is 4.34. The number of guanidine groups is 1. The Labute approximate surface area is 182 Å². The van der Waals surface area contributed by atoms with Crippen molar-refractivity contribution in [2.24, 2.45) is 4.99 Å². The Balaban J connectivity index is 0.00000338. The Morgan fingerprint density at radius 1 is 1.23 bits per heavy atom. The first kappa shape index (κ1) is 23.7. The Bertz CT molecular complexity index is 534. The average Bonchev–Trinajstić information content (AvgIpc) is 2.65. The van der Waals surface area contributed by atoms with Crippen LogP contribution in [0.4, 0.5) is 0 Å². The van der Waals surface area contributed by atoms with Crippen LogP contribution in [0.1, 0.15) is 31.7 Å². The number of halogens is 2. The monoisotopic (exact) mass is 539 g/mol. The molecule has 1 saturated heterocycles. The summed E-state index contributed by atoms with van der Waals surface area (Å²) in [6.07, 6.45) is 3.01. The van der Waals surface area contributed by atoms with Crippen LogP contribution in [0, 0.1) is 0 Å². The van der Waals surface area contributed by atoms with Crippen molar-refractivity contribution in [1.82, 2.24) is 10.6 Å². The van der Waals surface area contributed by atoms with Crippen LogP contribution in [0.3, 0.4) is 0 Å². The van der Waals surface area contributed by atoms with Crippen LogP contribution in [0.2, 0.25) is 0 Å². The van der Waals surface area contributed by atoms with E-state index in [1.165, 1.54) is 5.56 Å². The number of benzene rings is 1. The Morgan fingerprint density at radius 2 is 1.92 bits per heavy atom. The van der Waals surface area contributed by atoms with E-state index in [1.54, 1.807) is 0 Å². The van der Waals surface area contributed by atoms with Crippen LogP contribution in [0.25, 0.3) is 0 Å². The van der Waals surface area contributed by atoms with Crippen LogP contribution >= 0.6 is 39.9 Å². The van der Waals surface area contributed by atoms with E-state index >= 15 is 0 Å². The predicted octanol–water partition coefficient (Wildman–Crippen LogP) is 3.71. The highest BCUT2D eigenvalue weighted by molar-refractivity contribution is 14.0. The number of nitrogens with zero attached hydrogens (tertiary/aromatic N) is 1. The molecular formula is C19H31BrIN3O2. The number of aliphatic imine (C=N–C) groups is 1. The van der Waals surface area contributed by atoms with Crippen LogP contribution in [-0.4, -0.2) is 52.5 Å². The van der Waals surface area contributed by atoms with Gasteiger partial charge in [0.05, 0.1) is 0 Å². The average molecular weight is 540 g/mol. The predicted molar refractivity (Wildman–Crippen MR) is 122 cm³/mol. The smallest absolute Gasteiger partial charge is 0.191 e. The van der Waals surface area contributed by atoms with Crippen molar-refractivity contribution in [2.75, 3.05) is 46.6 Å². The minimum absolute atomic E-state index is 0. The topological polar surface area (TPSA) is 54.9 Å². The number of nitrogens with one attached hydrogen (secondary N) is 2. The second kappa shape index (κ2) is 12.9. The highest BCUT2D eigenvalue weighted by Crippen LogP contribution is 2.34. The molecule has 1 aromatic carbocycles. The molecule has 0 amide bonds. The van der Waals surface area contributed by atoms with E-state index in [-0.39, 0.29) is 29.4 Å². The summed E-state index contributed by atoms with van der Waals surface area (Å²) in [7, 11) is 1.81. The van der Waals surface area contributed by atoms with Gasteiger partial charge >= 0.3 is 0 Å². The van der Waals surface area contributed by atoms with E-state index in [0.29, 0.717) is 0 Å². The van der Waals surface area contributed by atoms with E-state index in [1.807, 2.05) is 14.0 Å². The van der Waals surface area contributed by atoms with E-state index < -0.39 is 0 Å². The van der Waals surface area contributed by atoms with Crippen molar-refractivity contribution in [3.05, 3.63) is 34.3 Å². The summed E-state index contributed by atoms with van der Waals surface area (Å²) in [5, 5.41) is 6.88. The summed E-state index contributed by atoms with van der Waals surface area (Å²) in [6.45, 7) is 6.88. The summed E-state index contributed by atoms with van der Waals surface area (Å²) in [5.74, 6) is 0.847. The number of rotatable bonds is 8. The van der Waals surface area contributed by atoms with E-state index in [4.69, 9.17) is 9.47 Å². The molecule has 5 nitrogen and oxygen atoms in total. The van der Waals surface area contributed by atoms with Crippen molar-refractivity contribution in [2.45, 2.75) is 31.6 Å². The number of ether oxygens (including phenoxy) is 2. The lowest BCUT2D eigenvalue weighted by Gasteiger charge is -2.38. The van der Waals surface area contributed by atoms with Gasteiger partial charge in [0.2, 0.25) is 0 Å². The quantitative estimate of drug-likeness (QED) is 0.229. The molecule has 1 heterocycles. The molecule has 26 heavy (non-hydrogen) atoms. The van der Waals surface area contributed by atoms with Crippen LogP contribution in [0.15, 0.2) is 33.7 Å². The fraction of sp³-hybridized carbons (Fsp3) is 0.632. The van der Waals surface area contributed by atoms with Gasteiger partial charge in [0.1, 0.15) is 0 Å². The molecule has 0 spiro atoms. The minimum Gasteiger partial charge on any atom is -0.382 e. The van der Waals surface area contributed by atoms with Gasteiger partial charge in [-0.2, -0.15) is 0 Å². The molecular weight excluding hydrogens is 509 g/mol. The normalized spacial score (nSPS) is 16.7. The van der Waals surface area contributed by atoms with Crippen molar-refractivity contribution in [3.63, 3.8) is 0 Å². The summed E-state index contributed by atoms with van der Waals surface area (Å²) in [6, 6.07) is 8.67. The van der Waals surface area contributed by atoms with Gasteiger partial charge in [-0.05, 0) is 43.9 Å². The van der Waals surface area contributed by atoms with Gasteiger partial charge in [0.25, 0.3) is 0 Å². The second-order valence-corrected chi connectivity index (χ2v) is 7.22. The van der Waals surface area contributed by atoms with Gasteiger partial charge in [-0.15, -0.1) is 24.0 Å². The molecule has 1 aromatic rings. The first-order valence-electron chi connectivity index (χ1n) is 9.06. The first-order chi connectivity index (χ1) is 12.2. The third kappa shape index (κ3) is 7.32. The fourth-order valence-electron chi connectivity index (χ4n) is 3.13. The van der Waals surface area contributed by atoms with Crippen molar-refractivity contribution < 1.29 is 9.47 Å². The highest BCUT2D eigenvalue weighted by Gasteiger charge is 2.34.